The van der Waals surface area contributed by atoms with Gasteiger partial charge in [-0.05, 0) is 41.0 Å². The molecule has 2 atom stereocenters. The molecule has 0 aliphatic heterocycles. The molecule has 2 N–H and O–H groups in total. The Kier molecular flexibility index (Phi) is 6.80. The first-order valence-electron chi connectivity index (χ1n) is 7.20. The number of nitrogens with one attached hydrogen (secondary N) is 2. The fourth-order valence-corrected chi connectivity index (χ4v) is 2.52. The summed E-state index contributed by atoms with van der Waals surface area (Å²) in [6.45, 7) is 15.9. The van der Waals surface area contributed by atoms with Crippen molar-refractivity contribution in [3.63, 3.8) is 0 Å². The molecule has 1 aliphatic carbocycles. The summed E-state index contributed by atoms with van der Waals surface area (Å²) in [4.78, 5) is 4.52. The van der Waals surface area contributed by atoms with Crippen LogP contribution in [-0.2, 0) is 4.74 Å². The minimum absolute atomic E-state index is 0. The number of guanidine groups is 1. The van der Waals surface area contributed by atoms with Crippen LogP contribution in [0.3, 0.4) is 0 Å². The van der Waals surface area contributed by atoms with Crippen LogP contribution in [0.25, 0.3) is 0 Å². The molecule has 0 radical (unpaired) electrons. The SMILES string of the molecule is CCN=C(NC1CC(C)(OC)C1(C)C)NC(C)(C)C.I. The van der Waals surface area contributed by atoms with Crippen LogP contribution >= 0.6 is 24.0 Å². The van der Waals surface area contributed by atoms with Crippen molar-refractivity contribution in [2.45, 2.75) is 72.1 Å². The van der Waals surface area contributed by atoms with Gasteiger partial charge in [-0.3, -0.25) is 4.99 Å². The van der Waals surface area contributed by atoms with Gasteiger partial charge in [-0.25, -0.2) is 0 Å². The topological polar surface area (TPSA) is 45.7 Å². The van der Waals surface area contributed by atoms with Gasteiger partial charge in [0.25, 0.3) is 0 Å². The first-order valence-corrected chi connectivity index (χ1v) is 7.20. The maximum absolute atomic E-state index is 5.66. The fraction of sp³-hybridized carbons (Fsp3) is 0.933. The predicted octanol–water partition coefficient (Wildman–Crippen LogP) is 3.16. The molecule has 1 rings (SSSR count). The lowest BCUT2D eigenvalue weighted by Crippen LogP contribution is -2.70. The normalized spacial score (nSPS) is 29.2. The highest BCUT2D eigenvalue weighted by atomic mass is 127. The lowest BCUT2D eigenvalue weighted by molar-refractivity contribution is -0.176. The monoisotopic (exact) mass is 397 g/mol. The van der Waals surface area contributed by atoms with Crippen molar-refractivity contribution in [2.75, 3.05) is 13.7 Å². The number of halogens is 1. The number of hydrogen-bond acceptors (Lipinski definition) is 2. The van der Waals surface area contributed by atoms with E-state index in [1.54, 1.807) is 7.11 Å². The standard InChI is InChI=1S/C15H31N3O.HI/c1-9-16-12(18-13(2,3)4)17-11-10-15(7,19-8)14(11,5)6;/h11H,9-10H2,1-8H3,(H2,16,17,18);1H. The van der Waals surface area contributed by atoms with E-state index in [9.17, 15) is 0 Å². The third kappa shape index (κ3) is 4.23. The Morgan fingerprint density at radius 2 is 1.85 bits per heavy atom. The molecule has 1 fully saturated rings. The Balaban J connectivity index is 0.00000361. The summed E-state index contributed by atoms with van der Waals surface area (Å²) < 4.78 is 5.66. The van der Waals surface area contributed by atoms with Crippen molar-refractivity contribution in [2.24, 2.45) is 10.4 Å². The van der Waals surface area contributed by atoms with Crippen molar-refractivity contribution >= 4 is 29.9 Å². The van der Waals surface area contributed by atoms with Crippen molar-refractivity contribution < 1.29 is 4.74 Å². The van der Waals surface area contributed by atoms with E-state index in [1.807, 2.05) is 0 Å². The van der Waals surface area contributed by atoms with E-state index in [2.05, 4.69) is 64.1 Å². The van der Waals surface area contributed by atoms with Crippen LogP contribution in [0, 0.1) is 5.41 Å². The van der Waals surface area contributed by atoms with E-state index < -0.39 is 0 Å². The van der Waals surface area contributed by atoms with E-state index in [0.29, 0.717) is 6.04 Å². The quantitative estimate of drug-likeness (QED) is 0.437. The summed E-state index contributed by atoms with van der Waals surface area (Å²) in [5, 5.41) is 6.99. The lowest BCUT2D eigenvalue weighted by Gasteiger charge is -2.59. The predicted molar refractivity (Wildman–Crippen MR) is 97.0 cm³/mol. The van der Waals surface area contributed by atoms with E-state index in [1.165, 1.54) is 0 Å². The van der Waals surface area contributed by atoms with Gasteiger partial charge >= 0.3 is 0 Å². The molecule has 0 aromatic carbocycles. The van der Waals surface area contributed by atoms with E-state index in [0.717, 1.165) is 18.9 Å². The van der Waals surface area contributed by atoms with E-state index in [4.69, 9.17) is 4.74 Å². The van der Waals surface area contributed by atoms with E-state index in [-0.39, 0.29) is 40.5 Å². The zero-order chi connectivity index (χ0) is 14.9. The summed E-state index contributed by atoms with van der Waals surface area (Å²) >= 11 is 0. The molecular weight excluding hydrogens is 365 g/mol. The highest BCUT2D eigenvalue weighted by Gasteiger charge is 2.58. The van der Waals surface area contributed by atoms with Gasteiger partial charge in [-0.15, -0.1) is 24.0 Å². The van der Waals surface area contributed by atoms with Gasteiger partial charge in [-0.1, -0.05) is 13.8 Å². The second-order valence-electron chi connectivity index (χ2n) is 7.26. The highest BCUT2D eigenvalue weighted by molar-refractivity contribution is 14.0. The van der Waals surface area contributed by atoms with Crippen molar-refractivity contribution in [3.05, 3.63) is 0 Å². The molecule has 1 aliphatic rings. The highest BCUT2D eigenvalue weighted by Crippen LogP contribution is 2.51. The first kappa shape index (κ1) is 20.0. The maximum Gasteiger partial charge on any atom is 0.191 e. The van der Waals surface area contributed by atoms with Gasteiger partial charge in [0, 0.05) is 30.7 Å². The maximum atomic E-state index is 5.66. The molecule has 0 aromatic heterocycles. The number of ether oxygens (including phenoxy) is 1. The lowest BCUT2D eigenvalue weighted by atomic mass is 9.56. The van der Waals surface area contributed by atoms with Crippen LogP contribution < -0.4 is 10.6 Å². The van der Waals surface area contributed by atoms with Gasteiger partial charge in [0.05, 0.1) is 5.60 Å². The zero-order valence-corrected chi connectivity index (χ0v) is 16.6. The van der Waals surface area contributed by atoms with Crippen LogP contribution in [-0.4, -0.2) is 36.8 Å². The summed E-state index contributed by atoms with van der Waals surface area (Å²) in [6.07, 6.45) is 1.01. The van der Waals surface area contributed by atoms with Gasteiger partial charge < -0.3 is 15.4 Å². The number of aliphatic imine (C=N–C) groups is 1. The molecule has 0 spiro atoms. The van der Waals surface area contributed by atoms with Gasteiger partial charge in [0.1, 0.15) is 0 Å². The Hall–Kier alpha value is -0.0400. The van der Waals surface area contributed by atoms with Crippen LogP contribution in [0.5, 0.6) is 0 Å². The van der Waals surface area contributed by atoms with Gasteiger partial charge in [0.15, 0.2) is 5.96 Å². The number of rotatable bonds is 3. The minimum Gasteiger partial charge on any atom is -0.378 e. The van der Waals surface area contributed by atoms with Crippen LogP contribution in [0.15, 0.2) is 4.99 Å². The van der Waals surface area contributed by atoms with Crippen molar-refractivity contribution in [1.29, 1.82) is 0 Å². The fourth-order valence-electron chi connectivity index (χ4n) is 2.52. The Labute approximate surface area is 141 Å². The molecule has 0 heterocycles. The second-order valence-corrected chi connectivity index (χ2v) is 7.26. The minimum atomic E-state index is -0.0519. The Morgan fingerprint density at radius 3 is 2.20 bits per heavy atom. The van der Waals surface area contributed by atoms with Crippen LogP contribution in [0.1, 0.15) is 54.9 Å². The summed E-state index contributed by atoms with van der Waals surface area (Å²) in [6, 6.07) is 0.387. The molecule has 5 heteroatoms. The average molecular weight is 397 g/mol. The Morgan fingerprint density at radius 1 is 1.30 bits per heavy atom. The van der Waals surface area contributed by atoms with Crippen LogP contribution in [0.2, 0.25) is 0 Å². The molecule has 0 amide bonds. The van der Waals surface area contributed by atoms with Gasteiger partial charge in [0.2, 0.25) is 0 Å². The average Bonchev–Trinajstić information content (AvgIpc) is 2.26. The van der Waals surface area contributed by atoms with Gasteiger partial charge in [-0.2, -0.15) is 0 Å². The molecule has 4 nitrogen and oxygen atoms in total. The molecule has 120 valence electrons. The summed E-state index contributed by atoms with van der Waals surface area (Å²) in [5.74, 6) is 0.895. The molecule has 1 saturated carbocycles. The Bertz CT molecular complexity index is 350. The zero-order valence-electron chi connectivity index (χ0n) is 14.3. The van der Waals surface area contributed by atoms with Crippen molar-refractivity contribution in [3.8, 4) is 0 Å². The summed E-state index contributed by atoms with van der Waals surface area (Å²) in [5.41, 5.74) is 0.0546. The molecule has 2 unspecified atom stereocenters. The third-order valence-corrected chi connectivity index (χ3v) is 4.40. The molecule has 0 bridgehead atoms. The first-order chi connectivity index (χ1) is 8.55. The van der Waals surface area contributed by atoms with E-state index >= 15 is 0 Å². The number of nitrogens with zero attached hydrogens (tertiary/aromatic N) is 1. The smallest absolute Gasteiger partial charge is 0.191 e. The molecule has 20 heavy (non-hydrogen) atoms. The largest absolute Gasteiger partial charge is 0.378 e. The molecular formula is C15H32IN3O. The van der Waals surface area contributed by atoms with Crippen LogP contribution in [0.4, 0.5) is 0 Å². The number of hydrogen-bond donors (Lipinski definition) is 2. The van der Waals surface area contributed by atoms with Crippen molar-refractivity contribution in [1.82, 2.24) is 10.6 Å². The third-order valence-electron chi connectivity index (χ3n) is 4.40. The molecule has 0 aromatic rings. The molecule has 0 saturated heterocycles. The summed E-state index contributed by atoms with van der Waals surface area (Å²) in [7, 11) is 1.80. The number of methoxy groups -OCH3 is 1. The second kappa shape index (κ2) is 6.81.